The van der Waals surface area contributed by atoms with E-state index >= 15 is 0 Å². The minimum absolute atomic E-state index is 0. The van der Waals surface area contributed by atoms with Gasteiger partial charge in [-0.1, -0.05) is 11.6 Å². The molecule has 1 atom stereocenters. The van der Waals surface area contributed by atoms with Gasteiger partial charge in [-0.3, -0.25) is 4.99 Å². The van der Waals surface area contributed by atoms with Crippen LogP contribution in [0.2, 0.25) is 5.02 Å². The van der Waals surface area contributed by atoms with Gasteiger partial charge in [0.15, 0.2) is 5.96 Å². The number of nitrogens with one attached hydrogen (secondary N) is 2. The van der Waals surface area contributed by atoms with E-state index in [1.807, 2.05) is 25.1 Å². The molecule has 8 heteroatoms. The predicted molar refractivity (Wildman–Crippen MR) is 120 cm³/mol. The fraction of sp³-hybridized carbons (Fsp3) is 0.611. The van der Waals surface area contributed by atoms with Crippen molar-refractivity contribution in [1.29, 1.82) is 0 Å². The molecule has 1 aromatic carbocycles. The maximum absolute atomic E-state index is 6.16. The van der Waals surface area contributed by atoms with Crippen molar-refractivity contribution >= 4 is 47.2 Å². The third-order valence-electron chi connectivity index (χ3n) is 4.06. The molecular formula is C18H30ClIN4O2. The lowest BCUT2D eigenvalue weighted by Crippen LogP contribution is -2.44. The van der Waals surface area contributed by atoms with Gasteiger partial charge in [-0.2, -0.15) is 0 Å². The maximum Gasteiger partial charge on any atom is 0.191 e. The van der Waals surface area contributed by atoms with Crippen LogP contribution in [0, 0.1) is 0 Å². The molecule has 0 aromatic heterocycles. The van der Waals surface area contributed by atoms with Crippen molar-refractivity contribution in [2.24, 2.45) is 4.99 Å². The maximum atomic E-state index is 6.16. The molecule has 1 aliphatic heterocycles. The lowest BCUT2D eigenvalue weighted by atomic mass is 10.2. The van der Waals surface area contributed by atoms with Gasteiger partial charge < -0.3 is 25.0 Å². The van der Waals surface area contributed by atoms with E-state index in [-0.39, 0.29) is 24.0 Å². The first-order chi connectivity index (χ1) is 12.2. The predicted octanol–water partition coefficient (Wildman–Crippen LogP) is 3.14. The Kier molecular flexibility index (Phi) is 11.1. The molecule has 148 valence electrons. The second-order valence-corrected chi connectivity index (χ2v) is 6.29. The van der Waals surface area contributed by atoms with Gasteiger partial charge in [0.25, 0.3) is 0 Å². The van der Waals surface area contributed by atoms with E-state index in [9.17, 15) is 0 Å². The molecule has 26 heavy (non-hydrogen) atoms. The number of rotatable bonds is 8. The van der Waals surface area contributed by atoms with Crippen LogP contribution in [0.4, 0.5) is 5.69 Å². The van der Waals surface area contributed by atoms with Gasteiger partial charge in [0.1, 0.15) is 5.75 Å². The molecule has 0 bridgehead atoms. The van der Waals surface area contributed by atoms with Crippen LogP contribution in [-0.2, 0) is 4.74 Å². The number of anilines is 1. The molecule has 1 heterocycles. The lowest BCUT2D eigenvalue weighted by molar-refractivity contribution is 0.155. The van der Waals surface area contributed by atoms with E-state index in [1.165, 1.54) is 0 Å². The Hall–Kier alpha value is -0.930. The Bertz CT molecular complexity index is 574. The summed E-state index contributed by atoms with van der Waals surface area (Å²) in [6.07, 6.45) is 1.03. The van der Waals surface area contributed by atoms with Crippen molar-refractivity contribution in [3.8, 4) is 5.75 Å². The third-order valence-corrected chi connectivity index (χ3v) is 4.30. The number of benzene rings is 1. The average Bonchev–Trinajstić information content (AvgIpc) is 3.07. The fourth-order valence-corrected chi connectivity index (χ4v) is 3.05. The van der Waals surface area contributed by atoms with Gasteiger partial charge in [0.2, 0.25) is 0 Å². The quantitative estimate of drug-likeness (QED) is 0.251. The molecule has 1 aromatic rings. The van der Waals surface area contributed by atoms with Crippen molar-refractivity contribution in [2.75, 3.05) is 51.4 Å². The monoisotopic (exact) mass is 496 g/mol. The molecule has 1 saturated heterocycles. The highest BCUT2D eigenvalue weighted by atomic mass is 127. The summed E-state index contributed by atoms with van der Waals surface area (Å²) in [7, 11) is 1.69. The van der Waals surface area contributed by atoms with Crippen LogP contribution in [0.25, 0.3) is 0 Å². The smallest absolute Gasteiger partial charge is 0.191 e. The van der Waals surface area contributed by atoms with Crippen molar-refractivity contribution in [1.82, 2.24) is 10.6 Å². The SMILES string of the molecule is CCNC(=NCCOCC)NC1CCN(c2cc(Cl)ccc2OC)C1.I. The number of ether oxygens (including phenoxy) is 2. The normalized spacial score (nSPS) is 17.0. The Balaban J connectivity index is 0.00000338. The summed E-state index contributed by atoms with van der Waals surface area (Å²) in [6.45, 7) is 8.74. The lowest BCUT2D eigenvalue weighted by Gasteiger charge is -2.22. The molecule has 2 N–H and O–H groups in total. The van der Waals surface area contributed by atoms with E-state index < -0.39 is 0 Å². The molecule has 0 radical (unpaired) electrons. The number of guanidine groups is 1. The minimum atomic E-state index is 0. The Labute approximate surface area is 178 Å². The Morgan fingerprint density at radius 1 is 1.38 bits per heavy atom. The highest BCUT2D eigenvalue weighted by Crippen LogP contribution is 2.33. The summed E-state index contributed by atoms with van der Waals surface area (Å²) >= 11 is 6.16. The minimum Gasteiger partial charge on any atom is -0.495 e. The summed E-state index contributed by atoms with van der Waals surface area (Å²) in [6, 6.07) is 6.06. The molecule has 6 nitrogen and oxygen atoms in total. The zero-order valence-corrected chi connectivity index (χ0v) is 18.8. The van der Waals surface area contributed by atoms with Gasteiger partial charge in [0, 0.05) is 37.3 Å². The van der Waals surface area contributed by atoms with Crippen molar-refractivity contribution in [3.05, 3.63) is 23.2 Å². The first-order valence-corrected chi connectivity index (χ1v) is 9.26. The average molecular weight is 497 g/mol. The van der Waals surface area contributed by atoms with Gasteiger partial charge >= 0.3 is 0 Å². The summed E-state index contributed by atoms with van der Waals surface area (Å²) in [5.74, 6) is 1.69. The zero-order chi connectivity index (χ0) is 18.1. The molecular weight excluding hydrogens is 467 g/mol. The van der Waals surface area contributed by atoms with Gasteiger partial charge in [-0.15, -0.1) is 24.0 Å². The van der Waals surface area contributed by atoms with E-state index in [1.54, 1.807) is 7.11 Å². The zero-order valence-electron chi connectivity index (χ0n) is 15.8. The number of halogens is 2. The number of aliphatic imine (C=N–C) groups is 1. The Morgan fingerprint density at radius 2 is 2.19 bits per heavy atom. The van der Waals surface area contributed by atoms with E-state index in [0.717, 1.165) is 55.1 Å². The summed E-state index contributed by atoms with van der Waals surface area (Å²) in [5, 5.41) is 7.53. The van der Waals surface area contributed by atoms with Gasteiger partial charge in [-0.25, -0.2) is 0 Å². The van der Waals surface area contributed by atoms with E-state index in [2.05, 4.69) is 27.4 Å². The third kappa shape index (κ3) is 7.00. The standard InChI is InChI=1S/C18H29ClN4O2.HI/c1-4-20-18(21-9-11-25-5-2)22-15-8-10-23(13-15)16-12-14(19)6-7-17(16)24-3;/h6-7,12,15H,4-5,8-11,13H2,1-3H3,(H2,20,21,22);1H. The summed E-state index contributed by atoms with van der Waals surface area (Å²) in [5.41, 5.74) is 1.04. The van der Waals surface area contributed by atoms with Crippen LogP contribution in [-0.4, -0.2) is 58.5 Å². The Morgan fingerprint density at radius 3 is 2.88 bits per heavy atom. The molecule has 2 rings (SSSR count). The largest absolute Gasteiger partial charge is 0.495 e. The summed E-state index contributed by atoms with van der Waals surface area (Å²) < 4.78 is 10.8. The molecule has 0 spiro atoms. The highest BCUT2D eigenvalue weighted by molar-refractivity contribution is 14.0. The van der Waals surface area contributed by atoms with Crippen LogP contribution in [0.15, 0.2) is 23.2 Å². The second kappa shape index (κ2) is 12.5. The topological polar surface area (TPSA) is 58.1 Å². The van der Waals surface area contributed by atoms with E-state index in [0.29, 0.717) is 19.2 Å². The van der Waals surface area contributed by atoms with E-state index in [4.69, 9.17) is 21.1 Å². The highest BCUT2D eigenvalue weighted by Gasteiger charge is 2.25. The van der Waals surface area contributed by atoms with Crippen LogP contribution in [0.1, 0.15) is 20.3 Å². The van der Waals surface area contributed by atoms with Crippen LogP contribution < -0.4 is 20.3 Å². The van der Waals surface area contributed by atoms with Crippen LogP contribution in [0.5, 0.6) is 5.75 Å². The van der Waals surface area contributed by atoms with Gasteiger partial charge in [-0.05, 0) is 38.5 Å². The molecule has 1 aliphatic rings. The number of nitrogens with zero attached hydrogens (tertiary/aromatic N) is 2. The van der Waals surface area contributed by atoms with Crippen molar-refractivity contribution in [2.45, 2.75) is 26.3 Å². The number of hydrogen-bond donors (Lipinski definition) is 2. The van der Waals surface area contributed by atoms with Crippen molar-refractivity contribution in [3.63, 3.8) is 0 Å². The number of hydrogen-bond acceptors (Lipinski definition) is 4. The van der Waals surface area contributed by atoms with Crippen LogP contribution >= 0.6 is 35.6 Å². The molecule has 0 amide bonds. The molecule has 1 fully saturated rings. The second-order valence-electron chi connectivity index (χ2n) is 5.85. The van der Waals surface area contributed by atoms with Crippen LogP contribution in [0.3, 0.4) is 0 Å². The van der Waals surface area contributed by atoms with Gasteiger partial charge in [0.05, 0.1) is 25.9 Å². The molecule has 0 aliphatic carbocycles. The first-order valence-electron chi connectivity index (χ1n) is 8.89. The number of methoxy groups -OCH3 is 1. The molecule has 0 saturated carbocycles. The molecule has 1 unspecified atom stereocenters. The fourth-order valence-electron chi connectivity index (χ4n) is 2.89. The van der Waals surface area contributed by atoms with Crippen molar-refractivity contribution < 1.29 is 9.47 Å². The summed E-state index contributed by atoms with van der Waals surface area (Å²) in [4.78, 5) is 6.86. The first kappa shape index (κ1) is 23.1.